The van der Waals surface area contributed by atoms with Gasteiger partial charge in [-0.2, -0.15) is 0 Å². The number of halogens is 1. The lowest BCUT2D eigenvalue weighted by Crippen LogP contribution is -2.26. The summed E-state index contributed by atoms with van der Waals surface area (Å²) in [5.74, 6) is 1.04. The van der Waals surface area contributed by atoms with Crippen LogP contribution in [-0.4, -0.2) is 18.5 Å². The number of imidazole rings is 1. The van der Waals surface area contributed by atoms with E-state index in [1.807, 2.05) is 16.7 Å². The van der Waals surface area contributed by atoms with Crippen molar-refractivity contribution < 1.29 is 0 Å². The Morgan fingerprint density at radius 2 is 1.79 bits per heavy atom. The zero-order valence-corrected chi connectivity index (χ0v) is 16.8. The van der Waals surface area contributed by atoms with Crippen molar-refractivity contribution in [3.8, 4) is 17.1 Å². The van der Waals surface area contributed by atoms with Crippen molar-refractivity contribution in [1.29, 1.82) is 0 Å². The van der Waals surface area contributed by atoms with Crippen molar-refractivity contribution in [2.45, 2.75) is 32.7 Å². The Hall–Kier alpha value is -3.12. The fourth-order valence-corrected chi connectivity index (χ4v) is 3.52. The molecule has 0 saturated heterocycles. The van der Waals surface area contributed by atoms with Crippen LogP contribution in [0.4, 0.5) is 0 Å². The van der Waals surface area contributed by atoms with E-state index in [1.54, 1.807) is 36.7 Å². The van der Waals surface area contributed by atoms with Gasteiger partial charge in [0, 0.05) is 41.7 Å². The summed E-state index contributed by atoms with van der Waals surface area (Å²) in [6, 6.07) is 13.8. The molecule has 0 aliphatic rings. The summed E-state index contributed by atoms with van der Waals surface area (Å²) >= 11 is 5.99. The quantitative estimate of drug-likeness (QED) is 0.450. The van der Waals surface area contributed by atoms with E-state index in [0.717, 1.165) is 24.8 Å². The van der Waals surface area contributed by atoms with Gasteiger partial charge in [-0.15, -0.1) is 0 Å². The summed E-state index contributed by atoms with van der Waals surface area (Å²) < 4.78 is 4.97. The van der Waals surface area contributed by atoms with Crippen LogP contribution in [0.3, 0.4) is 0 Å². The van der Waals surface area contributed by atoms with Gasteiger partial charge in [0.15, 0.2) is 0 Å². The molecule has 29 heavy (non-hydrogen) atoms. The van der Waals surface area contributed by atoms with E-state index in [4.69, 9.17) is 16.6 Å². The molecule has 148 valence electrons. The fraction of sp³-hybridized carbons (Fsp3) is 0.227. The third kappa shape index (κ3) is 3.76. The second kappa shape index (κ2) is 8.09. The summed E-state index contributed by atoms with van der Waals surface area (Å²) in [4.78, 5) is 30.0. The first kappa shape index (κ1) is 19.2. The van der Waals surface area contributed by atoms with Crippen LogP contribution < -0.4 is 11.1 Å². The minimum absolute atomic E-state index is 0.190. The monoisotopic (exact) mass is 408 g/mol. The van der Waals surface area contributed by atoms with Crippen LogP contribution in [0.2, 0.25) is 5.02 Å². The third-order valence-electron chi connectivity index (χ3n) is 4.89. The maximum Gasteiger partial charge on any atom is 0.261 e. The molecular weight excluding hydrogens is 388 g/mol. The second-order valence-corrected chi connectivity index (χ2v) is 7.35. The Labute approximate surface area is 172 Å². The molecule has 1 aromatic carbocycles. The number of fused-ring (bicyclic) bond motifs is 1. The Bertz CT molecular complexity index is 1270. The standard InChI is InChI=1S/C22H21ClN4O2/c1-2-3-5-13-26-19(25-12-6-4-7-20(25)28)14-21(29)27-15-18(24-22(26)27)16-8-10-17(23)11-9-16/h4,6-12,14-15H,2-3,5,13H2,1H3. The van der Waals surface area contributed by atoms with Gasteiger partial charge in [-0.1, -0.05) is 49.6 Å². The van der Waals surface area contributed by atoms with E-state index in [1.165, 1.54) is 21.1 Å². The molecular formula is C22H21ClN4O2. The van der Waals surface area contributed by atoms with Crippen LogP contribution in [0.15, 0.2) is 70.5 Å². The highest BCUT2D eigenvalue weighted by Gasteiger charge is 2.15. The molecule has 4 aromatic rings. The summed E-state index contributed by atoms with van der Waals surface area (Å²) in [6.07, 6.45) is 6.45. The molecule has 0 atom stereocenters. The molecule has 6 nitrogen and oxygen atoms in total. The Morgan fingerprint density at radius 1 is 1.00 bits per heavy atom. The van der Waals surface area contributed by atoms with Crippen LogP contribution in [0.5, 0.6) is 0 Å². The SMILES string of the molecule is CCCCCn1c(-n2ccccc2=O)cc(=O)n2cc(-c3ccc(Cl)cc3)nc12. The van der Waals surface area contributed by atoms with E-state index < -0.39 is 0 Å². The lowest BCUT2D eigenvalue weighted by atomic mass is 10.2. The average molecular weight is 409 g/mol. The fourth-order valence-electron chi connectivity index (χ4n) is 3.39. The third-order valence-corrected chi connectivity index (χ3v) is 5.14. The molecule has 4 rings (SSSR count). The number of aryl methyl sites for hydroxylation is 1. The van der Waals surface area contributed by atoms with Gasteiger partial charge in [-0.25, -0.2) is 4.98 Å². The molecule has 0 aliphatic heterocycles. The molecule has 3 heterocycles. The summed E-state index contributed by atoms with van der Waals surface area (Å²) in [5, 5.41) is 0.641. The molecule has 0 bridgehead atoms. The smallest absolute Gasteiger partial charge is 0.261 e. The zero-order valence-electron chi connectivity index (χ0n) is 16.1. The molecule has 0 saturated carbocycles. The number of rotatable bonds is 6. The van der Waals surface area contributed by atoms with E-state index in [9.17, 15) is 9.59 Å². The van der Waals surface area contributed by atoms with E-state index >= 15 is 0 Å². The van der Waals surface area contributed by atoms with Gasteiger partial charge in [0.2, 0.25) is 5.78 Å². The maximum atomic E-state index is 12.8. The van der Waals surface area contributed by atoms with Crippen LogP contribution in [0.1, 0.15) is 26.2 Å². The lowest BCUT2D eigenvalue weighted by molar-refractivity contribution is 0.589. The number of aromatic nitrogens is 4. The van der Waals surface area contributed by atoms with Crippen LogP contribution >= 0.6 is 11.6 Å². The molecule has 7 heteroatoms. The Balaban J connectivity index is 1.95. The molecule has 0 spiro atoms. The van der Waals surface area contributed by atoms with Gasteiger partial charge in [-0.3, -0.25) is 23.1 Å². The molecule has 0 radical (unpaired) electrons. The number of benzene rings is 1. The summed E-state index contributed by atoms with van der Waals surface area (Å²) in [6.45, 7) is 2.79. The van der Waals surface area contributed by atoms with E-state index in [2.05, 4.69) is 6.92 Å². The maximum absolute atomic E-state index is 12.8. The number of unbranched alkanes of at least 4 members (excludes halogenated alkanes) is 2. The van der Waals surface area contributed by atoms with Gasteiger partial charge in [-0.05, 0) is 24.6 Å². The van der Waals surface area contributed by atoms with Crippen LogP contribution in [0, 0.1) is 0 Å². The summed E-state index contributed by atoms with van der Waals surface area (Å²) in [5.41, 5.74) is 1.13. The Kier molecular flexibility index (Phi) is 5.36. The van der Waals surface area contributed by atoms with Crippen molar-refractivity contribution >= 4 is 17.4 Å². The van der Waals surface area contributed by atoms with Gasteiger partial charge < -0.3 is 0 Å². The molecule has 0 amide bonds. The predicted octanol–water partition coefficient (Wildman–Crippen LogP) is 4.16. The topological polar surface area (TPSA) is 61.3 Å². The van der Waals surface area contributed by atoms with Gasteiger partial charge in [0.1, 0.15) is 5.82 Å². The van der Waals surface area contributed by atoms with Gasteiger partial charge in [0.25, 0.3) is 11.1 Å². The number of pyridine rings is 1. The van der Waals surface area contributed by atoms with Crippen molar-refractivity contribution in [1.82, 2.24) is 18.5 Å². The van der Waals surface area contributed by atoms with Gasteiger partial charge >= 0.3 is 0 Å². The first-order chi connectivity index (χ1) is 14.1. The van der Waals surface area contributed by atoms with Crippen LogP contribution in [-0.2, 0) is 6.54 Å². The molecule has 0 N–H and O–H groups in total. The predicted molar refractivity (Wildman–Crippen MR) is 115 cm³/mol. The van der Waals surface area contributed by atoms with E-state index in [0.29, 0.717) is 28.9 Å². The van der Waals surface area contributed by atoms with Crippen molar-refractivity contribution in [3.05, 3.63) is 86.7 Å². The largest absolute Gasteiger partial charge is 0.297 e. The molecule has 0 fully saturated rings. The molecule has 3 aromatic heterocycles. The van der Waals surface area contributed by atoms with E-state index in [-0.39, 0.29) is 11.1 Å². The first-order valence-corrected chi connectivity index (χ1v) is 10.0. The van der Waals surface area contributed by atoms with Crippen molar-refractivity contribution in [2.75, 3.05) is 0 Å². The zero-order chi connectivity index (χ0) is 20.4. The average Bonchev–Trinajstić information content (AvgIpc) is 3.17. The minimum Gasteiger partial charge on any atom is -0.297 e. The number of hydrogen-bond acceptors (Lipinski definition) is 3. The Morgan fingerprint density at radius 3 is 2.52 bits per heavy atom. The van der Waals surface area contributed by atoms with Crippen molar-refractivity contribution in [2.24, 2.45) is 0 Å². The van der Waals surface area contributed by atoms with Gasteiger partial charge in [0.05, 0.1) is 5.69 Å². The lowest BCUT2D eigenvalue weighted by Gasteiger charge is -2.15. The normalized spacial score (nSPS) is 11.2. The molecule has 0 unspecified atom stereocenters. The van der Waals surface area contributed by atoms with Crippen LogP contribution in [0.25, 0.3) is 22.9 Å². The highest BCUT2D eigenvalue weighted by atomic mass is 35.5. The first-order valence-electron chi connectivity index (χ1n) is 9.65. The highest BCUT2D eigenvalue weighted by Crippen LogP contribution is 2.22. The number of nitrogens with zero attached hydrogens (tertiary/aromatic N) is 4. The second-order valence-electron chi connectivity index (χ2n) is 6.91. The number of hydrogen-bond donors (Lipinski definition) is 0. The van der Waals surface area contributed by atoms with Crippen molar-refractivity contribution in [3.63, 3.8) is 0 Å². The molecule has 0 aliphatic carbocycles. The highest BCUT2D eigenvalue weighted by molar-refractivity contribution is 6.30. The summed E-state index contributed by atoms with van der Waals surface area (Å²) in [7, 11) is 0. The minimum atomic E-state index is -0.231.